The first-order valence-corrected chi connectivity index (χ1v) is 7.92. The molecule has 22 heavy (non-hydrogen) atoms. The summed E-state index contributed by atoms with van der Waals surface area (Å²) in [4.78, 5) is 16.3. The molecule has 1 N–H and O–H groups in total. The molecule has 0 bridgehead atoms. The van der Waals surface area contributed by atoms with Crippen LogP contribution >= 0.6 is 11.3 Å². The number of nitrogens with zero attached hydrogens (tertiary/aromatic N) is 1. The highest BCUT2D eigenvalue weighted by Gasteiger charge is 2.05. The molecule has 112 valence electrons. The molecule has 3 aromatic rings. The van der Waals surface area contributed by atoms with E-state index in [9.17, 15) is 4.79 Å². The number of benzene rings is 2. The third-order valence-electron chi connectivity index (χ3n) is 3.11. The Kier molecular flexibility index (Phi) is 4.65. The number of ether oxygens (including phenoxy) is 1. The maximum absolute atomic E-state index is 11.7. The van der Waals surface area contributed by atoms with E-state index in [-0.39, 0.29) is 12.5 Å². The van der Waals surface area contributed by atoms with Gasteiger partial charge in [-0.15, -0.1) is 11.3 Å². The van der Waals surface area contributed by atoms with Crippen molar-refractivity contribution in [1.29, 1.82) is 0 Å². The summed E-state index contributed by atoms with van der Waals surface area (Å²) in [6, 6.07) is 17.4. The van der Waals surface area contributed by atoms with Gasteiger partial charge in [0.15, 0.2) is 6.61 Å². The second-order valence-electron chi connectivity index (χ2n) is 4.78. The van der Waals surface area contributed by atoms with Crippen LogP contribution in [0.15, 0.2) is 54.6 Å². The zero-order valence-corrected chi connectivity index (χ0v) is 12.8. The topological polar surface area (TPSA) is 51.2 Å². The summed E-state index contributed by atoms with van der Waals surface area (Å²) in [5, 5.41) is 3.88. The van der Waals surface area contributed by atoms with E-state index in [0.29, 0.717) is 12.3 Å². The fraction of sp³-hybridized carbons (Fsp3) is 0.176. The zero-order chi connectivity index (χ0) is 15.2. The second-order valence-corrected chi connectivity index (χ2v) is 5.89. The second kappa shape index (κ2) is 7.04. The predicted molar refractivity (Wildman–Crippen MR) is 88.3 cm³/mol. The Morgan fingerprint density at radius 3 is 2.68 bits per heavy atom. The van der Waals surface area contributed by atoms with Crippen molar-refractivity contribution >= 4 is 27.5 Å². The van der Waals surface area contributed by atoms with E-state index in [4.69, 9.17) is 4.74 Å². The monoisotopic (exact) mass is 312 g/mol. The Morgan fingerprint density at radius 2 is 1.86 bits per heavy atom. The van der Waals surface area contributed by atoms with Gasteiger partial charge in [0.05, 0.1) is 15.2 Å². The third-order valence-corrected chi connectivity index (χ3v) is 4.21. The molecular formula is C17H16N2O2S. The van der Waals surface area contributed by atoms with Crippen molar-refractivity contribution in [2.24, 2.45) is 0 Å². The SMILES string of the molecule is O=C(COc1ccccc1)NCCc1nc2ccccc2s1. The molecule has 0 radical (unpaired) electrons. The number of thiazole rings is 1. The van der Waals surface area contributed by atoms with Gasteiger partial charge in [0.25, 0.3) is 5.91 Å². The van der Waals surface area contributed by atoms with Gasteiger partial charge in [0, 0.05) is 13.0 Å². The number of carbonyl (C=O) groups is 1. The van der Waals surface area contributed by atoms with Gasteiger partial charge in [-0.1, -0.05) is 30.3 Å². The lowest BCUT2D eigenvalue weighted by Crippen LogP contribution is -2.30. The standard InChI is InChI=1S/C17H16N2O2S/c20-16(12-21-13-6-2-1-3-7-13)18-11-10-17-19-14-8-4-5-9-15(14)22-17/h1-9H,10-12H2,(H,18,20). The van der Waals surface area contributed by atoms with E-state index in [1.165, 1.54) is 4.70 Å². The first-order valence-electron chi connectivity index (χ1n) is 7.10. The minimum absolute atomic E-state index is 0.0316. The molecule has 0 aliphatic rings. The van der Waals surface area contributed by atoms with Crippen molar-refractivity contribution in [2.75, 3.05) is 13.2 Å². The number of hydrogen-bond donors (Lipinski definition) is 1. The van der Waals surface area contributed by atoms with Crippen LogP contribution in [0, 0.1) is 0 Å². The number of fused-ring (bicyclic) bond motifs is 1. The van der Waals surface area contributed by atoms with E-state index >= 15 is 0 Å². The van der Waals surface area contributed by atoms with Crippen LogP contribution in [0.5, 0.6) is 5.75 Å². The number of nitrogens with one attached hydrogen (secondary N) is 1. The highest BCUT2D eigenvalue weighted by Crippen LogP contribution is 2.21. The van der Waals surface area contributed by atoms with Crippen LogP contribution in [0.25, 0.3) is 10.2 Å². The summed E-state index contributed by atoms with van der Waals surface area (Å²) >= 11 is 1.67. The quantitative estimate of drug-likeness (QED) is 0.761. The van der Waals surface area contributed by atoms with Gasteiger partial charge in [-0.3, -0.25) is 4.79 Å². The minimum atomic E-state index is -0.120. The molecule has 2 aromatic carbocycles. The van der Waals surface area contributed by atoms with Crippen LogP contribution in [-0.4, -0.2) is 24.0 Å². The molecule has 0 aliphatic carbocycles. The predicted octanol–water partition coefficient (Wildman–Crippen LogP) is 3.03. The Labute approximate surface area is 132 Å². The normalized spacial score (nSPS) is 10.5. The van der Waals surface area contributed by atoms with Crippen molar-refractivity contribution in [2.45, 2.75) is 6.42 Å². The lowest BCUT2D eigenvalue weighted by atomic mass is 10.3. The lowest BCUT2D eigenvalue weighted by Gasteiger charge is -2.06. The smallest absolute Gasteiger partial charge is 0.257 e. The number of carbonyl (C=O) groups excluding carboxylic acids is 1. The highest BCUT2D eigenvalue weighted by molar-refractivity contribution is 7.18. The van der Waals surface area contributed by atoms with Crippen molar-refractivity contribution in [3.63, 3.8) is 0 Å². The number of hydrogen-bond acceptors (Lipinski definition) is 4. The van der Waals surface area contributed by atoms with E-state index < -0.39 is 0 Å². The average Bonchev–Trinajstić information content (AvgIpc) is 2.96. The van der Waals surface area contributed by atoms with Crippen LogP contribution in [0.4, 0.5) is 0 Å². The van der Waals surface area contributed by atoms with Crippen molar-refractivity contribution in [3.05, 3.63) is 59.6 Å². The minimum Gasteiger partial charge on any atom is -0.484 e. The highest BCUT2D eigenvalue weighted by atomic mass is 32.1. The Hall–Kier alpha value is -2.40. The number of para-hydroxylation sites is 2. The third kappa shape index (κ3) is 3.83. The molecule has 1 heterocycles. The van der Waals surface area contributed by atoms with Gasteiger partial charge >= 0.3 is 0 Å². The van der Waals surface area contributed by atoms with Gasteiger partial charge < -0.3 is 10.1 Å². The summed E-state index contributed by atoms with van der Waals surface area (Å²) in [6.07, 6.45) is 0.733. The van der Waals surface area contributed by atoms with Crippen molar-refractivity contribution < 1.29 is 9.53 Å². The molecule has 0 spiro atoms. The largest absolute Gasteiger partial charge is 0.484 e. The first kappa shape index (κ1) is 14.5. The fourth-order valence-corrected chi connectivity index (χ4v) is 3.02. The van der Waals surface area contributed by atoms with E-state index in [1.807, 2.05) is 48.5 Å². The fourth-order valence-electron chi connectivity index (χ4n) is 2.05. The van der Waals surface area contributed by atoms with Gasteiger partial charge in [0.2, 0.25) is 0 Å². The molecule has 0 unspecified atom stereocenters. The Bertz CT molecular complexity index is 722. The van der Waals surface area contributed by atoms with E-state index in [1.54, 1.807) is 11.3 Å². The number of aromatic nitrogens is 1. The summed E-state index contributed by atoms with van der Waals surface area (Å²) in [5.41, 5.74) is 1.02. The zero-order valence-electron chi connectivity index (χ0n) is 12.0. The molecule has 1 aromatic heterocycles. The van der Waals surface area contributed by atoms with Crippen molar-refractivity contribution in [3.8, 4) is 5.75 Å². The Morgan fingerprint density at radius 1 is 1.09 bits per heavy atom. The van der Waals surface area contributed by atoms with Gasteiger partial charge in [-0.05, 0) is 24.3 Å². The molecule has 0 saturated heterocycles. The molecular weight excluding hydrogens is 296 g/mol. The molecule has 0 fully saturated rings. The van der Waals surface area contributed by atoms with E-state index in [0.717, 1.165) is 16.9 Å². The summed E-state index contributed by atoms with van der Waals surface area (Å²) in [6.45, 7) is 0.598. The molecule has 3 rings (SSSR count). The number of amides is 1. The summed E-state index contributed by atoms with van der Waals surface area (Å²) in [7, 11) is 0. The summed E-state index contributed by atoms with van der Waals surface area (Å²) in [5.74, 6) is 0.578. The maximum atomic E-state index is 11.7. The molecule has 0 atom stereocenters. The molecule has 0 saturated carbocycles. The lowest BCUT2D eigenvalue weighted by molar-refractivity contribution is -0.123. The average molecular weight is 312 g/mol. The molecule has 1 amide bonds. The van der Waals surface area contributed by atoms with Crippen LogP contribution in [-0.2, 0) is 11.2 Å². The van der Waals surface area contributed by atoms with Gasteiger partial charge in [0.1, 0.15) is 5.75 Å². The molecule has 0 aliphatic heterocycles. The number of rotatable bonds is 6. The van der Waals surface area contributed by atoms with Gasteiger partial charge in [-0.2, -0.15) is 0 Å². The van der Waals surface area contributed by atoms with Crippen LogP contribution in [0.2, 0.25) is 0 Å². The van der Waals surface area contributed by atoms with Crippen LogP contribution in [0.3, 0.4) is 0 Å². The van der Waals surface area contributed by atoms with Gasteiger partial charge in [-0.25, -0.2) is 4.98 Å². The van der Waals surface area contributed by atoms with Crippen molar-refractivity contribution in [1.82, 2.24) is 10.3 Å². The maximum Gasteiger partial charge on any atom is 0.257 e. The summed E-state index contributed by atoms with van der Waals surface area (Å²) < 4.78 is 6.57. The molecule has 4 nitrogen and oxygen atoms in total. The van der Waals surface area contributed by atoms with E-state index in [2.05, 4.69) is 16.4 Å². The van der Waals surface area contributed by atoms with Crippen LogP contribution in [0.1, 0.15) is 5.01 Å². The Balaban J connectivity index is 1.43. The first-order chi connectivity index (χ1) is 10.8. The van der Waals surface area contributed by atoms with Crippen LogP contribution < -0.4 is 10.1 Å². The molecule has 5 heteroatoms.